The topological polar surface area (TPSA) is 53.2 Å². The molecular formula is C7H5NO2. The summed E-state index contributed by atoms with van der Waals surface area (Å²) in [6, 6.07) is 5.93. The quantitative estimate of drug-likeness (QED) is 0.589. The zero-order valence-corrected chi connectivity index (χ0v) is 5.11. The first-order valence-corrected chi connectivity index (χ1v) is 2.68. The van der Waals surface area contributed by atoms with Gasteiger partial charge in [0.05, 0.1) is 0 Å². The first kappa shape index (κ1) is 6.43. The highest BCUT2D eigenvalue weighted by atomic mass is 16.5. The third-order valence-corrected chi connectivity index (χ3v) is 1.00. The van der Waals surface area contributed by atoms with Crippen LogP contribution in [0.3, 0.4) is 0 Å². The van der Waals surface area contributed by atoms with Gasteiger partial charge < -0.3 is 9.84 Å². The number of nitrogens with zero attached hydrogens (tertiary/aromatic N) is 1. The predicted octanol–water partition coefficient (Wildman–Crippen LogP) is 1.25. The minimum Gasteiger partial charge on any atom is -0.508 e. The zero-order chi connectivity index (χ0) is 7.40. The lowest BCUT2D eigenvalue weighted by Crippen LogP contribution is -1.78. The van der Waals surface area contributed by atoms with Crippen molar-refractivity contribution in [1.82, 2.24) is 0 Å². The minimum absolute atomic E-state index is 0.158. The first-order chi connectivity index (χ1) is 4.83. The predicted molar refractivity (Wildman–Crippen MR) is 34.3 cm³/mol. The summed E-state index contributed by atoms with van der Waals surface area (Å²) in [5, 5.41) is 16.8. The normalized spacial score (nSPS) is 8.30. The molecule has 1 rings (SSSR count). The van der Waals surface area contributed by atoms with Gasteiger partial charge in [0.2, 0.25) is 0 Å². The summed E-state index contributed by atoms with van der Waals surface area (Å²) in [7, 11) is 0. The Balaban J connectivity index is 2.81. The van der Waals surface area contributed by atoms with Crippen LogP contribution in [0.1, 0.15) is 0 Å². The Morgan fingerprint density at radius 3 is 2.40 bits per heavy atom. The van der Waals surface area contributed by atoms with Gasteiger partial charge >= 0.3 is 0 Å². The monoisotopic (exact) mass is 135 g/mol. The van der Waals surface area contributed by atoms with E-state index < -0.39 is 0 Å². The van der Waals surface area contributed by atoms with Crippen LogP contribution in [0.2, 0.25) is 0 Å². The minimum atomic E-state index is 0.158. The second kappa shape index (κ2) is 2.74. The van der Waals surface area contributed by atoms with Crippen LogP contribution in [0.4, 0.5) is 0 Å². The number of hydrogen-bond acceptors (Lipinski definition) is 3. The van der Waals surface area contributed by atoms with Crippen molar-refractivity contribution >= 4 is 0 Å². The first-order valence-electron chi connectivity index (χ1n) is 2.68. The molecule has 3 heteroatoms. The molecule has 50 valence electrons. The van der Waals surface area contributed by atoms with E-state index in [1.807, 2.05) is 0 Å². The molecule has 0 amide bonds. The van der Waals surface area contributed by atoms with Crippen LogP contribution >= 0.6 is 0 Å². The molecule has 1 aromatic rings. The van der Waals surface area contributed by atoms with Gasteiger partial charge in [0.15, 0.2) is 0 Å². The van der Waals surface area contributed by atoms with Gasteiger partial charge in [-0.05, 0) is 24.3 Å². The molecule has 0 unspecified atom stereocenters. The van der Waals surface area contributed by atoms with Crippen molar-refractivity contribution in [3.8, 4) is 17.8 Å². The van der Waals surface area contributed by atoms with Crippen molar-refractivity contribution in [2.24, 2.45) is 0 Å². The number of nitriles is 1. The van der Waals surface area contributed by atoms with E-state index in [2.05, 4.69) is 4.74 Å². The number of hydrogen-bond donors (Lipinski definition) is 1. The van der Waals surface area contributed by atoms with Gasteiger partial charge in [0.1, 0.15) is 11.5 Å². The molecule has 0 atom stereocenters. The average Bonchev–Trinajstić information content (AvgIpc) is 1.95. The molecule has 0 heterocycles. The fraction of sp³-hybridized carbons (Fsp3) is 0. The van der Waals surface area contributed by atoms with Crippen LogP contribution in [0, 0.1) is 11.5 Å². The Bertz CT molecular complexity index is 247. The largest absolute Gasteiger partial charge is 0.508 e. The Hall–Kier alpha value is -1.69. The number of phenolic OH excluding ortho intramolecular Hbond substituents is 1. The second-order valence-electron chi connectivity index (χ2n) is 1.69. The molecule has 10 heavy (non-hydrogen) atoms. The Kier molecular flexibility index (Phi) is 1.76. The van der Waals surface area contributed by atoms with Crippen molar-refractivity contribution in [3.05, 3.63) is 24.3 Å². The molecule has 3 nitrogen and oxygen atoms in total. The van der Waals surface area contributed by atoms with Crippen molar-refractivity contribution in [2.45, 2.75) is 0 Å². The van der Waals surface area contributed by atoms with E-state index in [4.69, 9.17) is 10.4 Å². The molecule has 1 aromatic carbocycles. The van der Waals surface area contributed by atoms with Crippen LogP contribution in [0.5, 0.6) is 11.5 Å². The van der Waals surface area contributed by atoms with Crippen molar-refractivity contribution in [3.63, 3.8) is 0 Å². The number of benzene rings is 1. The molecule has 0 fully saturated rings. The Morgan fingerprint density at radius 2 is 1.90 bits per heavy atom. The van der Waals surface area contributed by atoms with Crippen LogP contribution in [-0.4, -0.2) is 5.11 Å². The number of aromatic hydroxyl groups is 1. The molecule has 0 aliphatic carbocycles. The fourth-order valence-electron chi connectivity index (χ4n) is 0.567. The Morgan fingerprint density at radius 1 is 1.30 bits per heavy atom. The van der Waals surface area contributed by atoms with Gasteiger partial charge in [-0.2, -0.15) is 0 Å². The van der Waals surface area contributed by atoms with Crippen LogP contribution in [-0.2, 0) is 0 Å². The molecule has 0 saturated carbocycles. The molecule has 0 radical (unpaired) electrons. The van der Waals surface area contributed by atoms with E-state index in [0.29, 0.717) is 5.75 Å². The molecule has 1 N–H and O–H groups in total. The summed E-state index contributed by atoms with van der Waals surface area (Å²) in [5.41, 5.74) is 0. The summed E-state index contributed by atoms with van der Waals surface area (Å²) in [6.45, 7) is 0. The fourth-order valence-corrected chi connectivity index (χ4v) is 0.567. The van der Waals surface area contributed by atoms with Gasteiger partial charge in [-0.1, -0.05) is 0 Å². The van der Waals surface area contributed by atoms with Crippen molar-refractivity contribution in [2.75, 3.05) is 0 Å². The smallest absolute Gasteiger partial charge is 0.292 e. The van der Waals surface area contributed by atoms with Crippen LogP contribution < -0.4 is 4.74 Å². The van der Waals surface area contributed by atoms with Gasteiger partial charge in [0, 0.05) is 0 Å². The highest BCUT2D eigenvalue weighted by molar-refractivity contribution is 5.30. The maximum Gasteiger partial charge on any atom is 0.292 e. The van der Waals surface area contributed by atoms with Gasteiger partial charge in [-0.25, -0.2) is 0 Å². The Labute approximate surface area is 58.1 Å². The summed E-state index contributed by atoms with van der Waals surface area (Å²) < 4.78 is 4.46. The number of ether oxygens (including phenoxy) is 1. The van der Waals surface area contributed by atoms with E-state index in [1.54, 1.807) is 0 Å². The molecule has 0 saturated heterocycles. The van der Waals surface area contributed by atoms with E-state index in [-0.39, 0.29) is 5.75 Å². The third kappa shape index (κ3) is 1.39. The zero-order valence-electron chi connectivity index (χ0n) is 5.11. The molecular weight excluding hydrogens is 130 g/mol. The van der Waals surface area contributed by atoms with Crippen LogP contribution in [0.25, 0.3) is 0 Å². The number of rotatable bonds is 1. The van der Waals surface area contributed by atoms with Gasteiger partial charge in [-0.3, -0.25) is 0 Å². The maximum absolute atomic E-state index is 8.79. The lowest BCUT2D eigenvalue weighted by Gasteiger charge is -1.93. The highest BCUT2D eigenvalue weighted by Gasteiger charge is 1.90. The lowest BCUT2D eigenvalue weighted by molar-refractivity contribution is 0.470. The number of phenols is 1. The molecule has 0 aromatic heterocycles. The summed E-state index contributed by atoms with van der Waals surface area (Å²) in [4.78, 5) is 0. The molecule has 0 aliphatic heterocycles. The standard InChI is InChI=1S/C7H5NO2/c8-5-10-7-3-1-6(9)2-4-7/h1-4,9H. The lowest BCUT2D eigenvalue weighted by atomic mass is 10.3. The maximum atomic E-state index is 8.79. The molecule has 0 aliphatic rings. The third-order valence-electron chi connectivity index (χ3n) is 1.00. The van der Waals surface area contributed by atoms with Crippen molar-refractivity contribution < 1.29 is 9.84 Å². The van der Waals surface area contributed by atoms with E-state index in [9.17, 15) is 0 Å². The van der Waals surface area contributed by atoms with Crippen LogP contribution in [0.15, 0.2) is 24.3 Å². The van der Waals surface area contributed by atoms with Crippen molar-refractivity contribution in [1.29, 1.82) is 5.26 Å². The van der Waals surface area contributed by atoms with E-state index >= 15 is 0 Å². The van der Waals surface area contributed by atoms with E-state index in [0.717, 1.165) is 0 Å². The summed E-state index contributed by atoms with van der Waals surface area (Å²) >= 11 is 0. The summed E-state index contributed by atoms with van der Waals surface area (Å²) in [6.07, 6.45) is 1.52. The average molecular weight is 135 g/mol. The van der Waals surface area contributed by atoms with Gasteiger partial charge in [-0.15, -0.1) is 5.26 Å². The molecule has 0 bridgehead atoms. The van der Waals surface area contributed by atoms with Gasteiger partial charge in [0.25, 0.3) is 6.26 Å². The summed E-state index contributed by atoms with van der Waals surface area (Å²) in [5.74, 6) is 0.589. The highest BCUT2D eigenvalue weighted by Crippen LogP contribution is 2.14. The second-order valence-corrected chi connectivity index (χ2v) is 1.69. The van der Waals surface area contributed by atoms with E-state index in [1.165, 1.54) is 30.5 Å². The molecule has 0 spiro atoms. The SMILES string of the molecule is N#COc1ccc(O)cc1.